The summed E-state index contributed by atoms with van der Waals surface area (Å²) in [5, 5.41) is 2.55. The molecule has 2 aromatic rings. The molecule has 2 rings (SSSR count). The number of carbonyl (C=O) groups is 2. The van der Waals surface area contributed by atoms with Crippen LogP contribution in [0, 0.1) is 0 Å². The molecule has 4 nitrogen and oxygen atoms in total. The van der Waals surface area contributed by atoms with Crippen molar-refractivity contribution < 1.29 is 27.5 Å². The molecule has 1 amide bonds. The Labute approximate surface area is 168 Å². The lowest BCUT2D eigenvalue weighted by molar-refractivity contribution is -0.142. The molecular formula is C22H24F3NO3. The third-order valence-electron chi connectivity index (χ3n) is 4.50. The molecule has 0 saturated heterocycles. The van der Waals surface area contributed by atoms with Gasteiger partial charge in [-0.05, 0) is 34.7 Å². The molecule has 1 N–H and O–H groups in total. The van der Waals surface area contributed by atoms with E-state index in [1.165, 1.54) is 12.1 Å². The number of methoxy groups -OCH3 is 1. The summed E-state index contributed by atoms with van der Waals surface area (Å²) in [5.41, 5.74) is 0.757. The van der Waals surface area contributed by atoms with Crippen molar-refractivity contribution in [3.8, 4) is 0 Å². The van der Waals surface area contributed by atoms with Crippen molar-refractivity contribution in [2.75, 3.05) is 7.11 Å². The fourth-order valence-electron chi connectivity index (χ4n) is 2.81. The maximum Gasteiger partial charge on any atom is 0.416 e. The number of halogens is 3. The molecule has 1 atom stereocenters. The maximum absolute atomic E-state index is 12.9. The number of hydrogen-bond donors (Lipinski definition) is 1. The van der Waals surface area contributed by atoms with Crippen molar-refractivity contribution >= 4 is 11.9 Å². The van der Waals surface area contributed by atoms with E-state index >= 15 is 0 Å². The molecule has 0 radical (unpaired) electrons. The highest BCUT2D eigenvalue weighted by Gasteiger charge is 2.31. The zero-order chi connectivity index (χ0) is 21.8. The van der Waals surface area contributed by atoms with Crippen LogP contribution in [0.15, 0.2) is 48.5 Å². The van der Waals surface area contributed by atoms with Crippen molar-refractivity contribution in [2.45, 2.75) is 44.8 Å². The lowest BCUT2D eigenvalue weighted by atomic mass is 9.86. The monoisotopic (exact) mass is 407 g/mol. The summed E-state index contributed by atoms with van der Waals surface area (Å²) in [6, 6.07) is 10.5. The van der Waals surface area contributed by atoms with Gasteiger partial charge in [0, 0.05) is 12.0 Å². The molecule has 0 aliphatic rings. The number of hydrogen-bond acceptors (Lipinski definition) is 3. The van der Waals surface area contributed by atoms with E-state index in [9.17, 15) is 22.8 Å². The highest BCUT2D eigenvalue weighted by molar-refractivity contribution is 5.96. The molecule has 0 fully saturated rings. The summed E-state index contributed by atoms with van der Waals surface area (Å²) in [5.74, 6) is -1.24. The number of rotatable bonds is 5. The van der Waals surface area contributed by atoms with E-state index in [1.807, 2.05) is 32.9 Å². The number of ether oxygens (including phenoxy) is 1. The van der Waals surface area contributed by atoms with Crippen LogP contribution in [0.4, 0.5) is 13.2 Å². The molecule has 0 bridgehead atoms. The van der Waals surface area contributed by atoms with E-state index in [2.05, 4.69) is 5.32 Å². The van der Waals surface area contributed by atoms with Gasteiger partial charge in [-0.2, -0.15) is 13.2 Å². The highest BCUT2D eigenvalue weighted by Crippen LogP contribution is 2.29. The minimum atomic E-state index is -4.49. The summed E-state index contributed by atoms with van der Waals surface area (Å²) < 4.78 is 43.5. The van der Waals surface area contributed by atoms with Crippen molar-refractivity contribution in [3.05, 3.63) is 70.8 Å². The Kier molecular flexibility index (Phi) is 6.72. The summed E-state index contributed by atoms with van der Waals surface area (Å²) in [7, 11) is 1.16. The summed E-state index contributed by atoms with van der Waals surface area (Å²) >= 11 is 0. The van der Waals surface area contributed by atoms with Gasteiger partial charge in [0.1, 0.15) is 6.04 Å². The molecule has 0 aliphatic carbocycles. The van der Waals surface area contributed by atoms with Crippen LogP contribution in [0.1, 0.15) is 47.8 Å². The first kappa shape index (κ1) is 22.5. The third kappa shape index (κ3) is 6.07. The average molecular weight is 407 g/mol. The summed E-state index contributed by atoms with van der Waals surface area (Å²) in [4.78, 5) is 24.6. The Morgan fingerprint density at radius 3 is 2.14 bits per heavy atom. The molecule has 156 valence electrons. The van der Waals surface area contributed by atoms with Gasteiger partial charge >= 0.3 is 12.1 Å². The first-order valence-electron chi connectivity index (χ1n) is 9.07. The predicted octanol–water partition coefficient (Wildman–Crippen LogP) is 4.52. The molecule has 7 heteroatoms. The van der Waals surface area contributed by atoms with E-state index in [-0.39, 0.29) is 17.4 Å². The molecule has 29 heavy (non-hydrogen) atoms. The van der Waals surface area contributed by atoms with E-state index in [0.717, 1.165) is 24.8 Å². The lowest BCUT2D eigenvalue weighted by Gasteiger charge is -2.20. The molecule has 2 aromatic carbocycles. The van der Waals surface area contributed by atoms with Crippen LogP contribution in [0.3, 0.4) is 0 Å². The van der Waals surface area contributed by atoms with Crippen LogP contribution < -0.4 is 5.32 Å². The van der Waals surface area contributed by atoms with Gasteiger partial charge in [0.25, 0.3) is 5.91 Å². The molecule has 0 aromatic heterocycles. The molecule has 0 heterocycles. The van der Waals surface area contributed by atoms with Gasteiger partial charge in [-0.1, -0.05) is 51.1 Å². The minimum Gasteiger partial charge on any atom is -0.467 e. The van der Waals surface area contributed by atoms with Crippen molar-refractivity contribution in [2.24, 2.45) is 0 Å². The quantitative estimate of drug-likeness (QED) is 0.742. The number of esters is 1. The minimum absolute atomic E-state index is 0.0763. The zero-order valence-electron chi connectivity index (χ0n) is 16.8. The average Bonchev–Trinajstić information content (AvgIpc) is 2.65. The second kappa shape index (κ2) is 8.68. The lowest BCUT2D eigenvalue weighted by Crippen LogP contribution is -2.43. The SMILES string of the molecule is COC(=O)[C@@H](Cc1cccc(C(F)(F)F)c1)NC(=O)c1ccc(C(C)(C)C)cc1. The first-order valence-corrected chi connectivity index (χ1v) is 9.07. The van der Waals surface area contributed by atoms with Crippen LogP contribution in [-0.4, -0.2) is 25.0 Å². The molecule has 0 aliphatic heterocycles. The first-order chi connectivity index (χ1) is 13.4. The predicted molar refractivity (Wildman–Crippen MR) is 104 cm³/mol. The van der Waals surface area contributed by atoms with Crippen LogP contribution in [0.2, 0.25) is 0 Å². The number of benzene rings is 2. The van der Waals surface area contributed by atoms with E-state index in [1.54, 1.807) is 12.1 Å². The Hall–Kier alpha value is -2.83. The topological polar surface area (TPSA) is 55.4 Å². The van der Waals surface area contributed by atoms with E-state index in [4.69, 9.17) is 4.74 Å². The number of alkyl halides is 3. The van der Waals surface area contributed by atoms with Crippen LogP contribution in [0.25, 0.3) is 0 Å². The standard InChI is InChI=1S/C22H24F3NO3/c1-21(2,3)16-10-8-15(9-11-16)19(27)26-18(20(28)29-4)13-14-6-5-7-17(12-14)22(23,24)25/h5-12,18H,13H2,1-4H3,(H,26,27)/t18-/m1/s1. The fourth-order valence-corrected chi connectivity index (χ4v) is 2.81. The largest absolute Gasteiger partial charge is 0.467 e. The van der Waals surface area contributed by atoms with Crippen molar-refractivity contribution in [3.63, 3.8) is 0 Å². The van der Waals surface area contributed by atoms with Gasteiger partial charge in [-0.15, -0.1) is 0 Å². The smallest absolute Gasteiger partial charge is 0.416 e. The van der Waals surface area contributed by atoms with Crippen LogP contribution in [0.5, 0.6) is 0 Å². The van der Waals surface area contributed by atoms with Gasteiger partial charge in [-0.25, -0.2) is 4.79 Å². The van der Waals surface area contributed by atoms with Gasteiger partial charge < -0.3 is 10.1 Å². The molecular weight excluding hydrogens is 383 g/mol. The van der Waals surface area contributed by atoms with Gasteiger partial charge in [-0.3, -0.25) is 4.79 Å². The normalized spacial score (nSPS) is 12.9. The Bertz CT molecular complexity index is 868. The Morgan fingerprint density at radius 1 is 1.00 bits per heavy atom. The van der Waals surface area contributed by atoms with Crippen molar-refractivity contribution in [1.29, 1.82) is 0 Å². The van der Waals surface area contributed by atoms with Gasteiger partial charge in [0.15, 0.2) is 0 Å². The molecule has 0 spiro atoms. The summed E-state index contributed by atoms with van der Waals surface area (Å²) in [6.07, 6.45) is -4.61. The molecule has 0 unspecified atom stereocenters. The number of nitrogens with one attached hydrogen (secondary N) is 1. The van der Waals surface area contributed by atoms with Crippen molar-refractivity contribution in [1.82, 2.24) is 5.32 Å². The fraction of sp³-hybridized carbons (Fsp3) is 0.364. The Morgan fingerprint density at radius 2 is 1.62 bits per heavy atom. The second-order valence-corrected chi connectivity index (χ2v) is 7.78. The van der Waals surface area contributed by atoms with E-state index in [0.29, 0.717) is 5.56 Å². The zero-order valence-corrected chi connectivity index (χ0v) is 16.8. The summed E-state index contributed by atoms with van der Waals surface area (Å²) in [6.45, 7) is 6.14. The third-order valence-corrected chi connectivity index (χ3v) is 4.50. The van der Waals surface area contributed by atoms with Crippen LogP contribution in [-0.2, 0) is 27.5 Å². The van der Waals surface area contributed by atoms with Gasteiger partial charge in [0.05, 0.1) is 12.7 Å². The van der Waals surface area contributed by atoms with E-state index < -0.39 is 29.7 Å². The number of amides is 1. The van der Waals surface area contributed by atoms with Crippen LogP contribution >= 0.6 is 0 Å². The second-order valence-electron chi connectivity index (χ2n) is 7.78. The highest BCUT2D eigenvalue weighted by atomic mass is 19.4. The molecule has 0 saturated carbocycles. The van der Waals surface area contributed by atoms with Gasteiger partial charge in [0.2, 0.25) is 0 Å². The number of carbonyl (C=O) groups excluding carboxylic acids is 2. The Balaban J connectivity index is 2.19. The maximum atomic E-state index is 12.9.